The van der Waals surface area contributed by atoms with Crippen LogP contribution in [0.2, 0.25) is 5.02 Å². The first-order valence-electron chi connectivity index (χ1n) is 7.28. The molecule has 0 radical (unpaired) electrons. The quantitative estimate of drug-likeness (QED) is 0.756. The summed E-state index contributed by atoms with van der Waals surface area (Å²) in [5.74, 6) is 0. The lowest BCUT2D eigenvalue weighted by Gasteiger charge is -2.11. The van der Waals surface area contributed by atoms with Crippen molar-refractivity contribution in [2.45, 2.75) is 51.1 Å². The first-order valence-corrected chi connectivity index (χ1v) is 9.14. The molecule has 0 spiro atoms. The number of rotatable bonds is 7. The zero-order chi connectivity index (χ0) is 15.7. The molecule has 1 aliphatic carbocycles. The minimum absolute atomic E-state index is 0.0205. The Morgan fingerprint density at radius 2 is 2.05 bits per heavy atom. The summed E-state index contributed by atoms with van der Waals surface area (Å²) in [6, 6.07) is 4.94. The Balaban J connectivity index is 2.08. The fourth-order valence-corrected chi connectivity index (χ4v) is 3.91. The van der Waals surface area contributed by atoms with Crippen molar-refractivity contribution in [3.05, 3.63) is 28.8 Å². The van der Waals surface area contributed by atoms with Crippen LogP contribution in [0.4, 0.5) is 0 Å². The minimum atomic E-state index is -3.49. The molecular weight excluding hydrogens is 308 g/mol. The van der Waals surface area contributed by atoms with E-state index in [-0.39, 0.29) is 16.4 Å². The molecule has 4 nitrogen and oxygen atoms in total. The van der Waals surface area contributed by atoms with E-state index in [0.29, 0.717) is 11.6 Å². The van der Waals surface area contributed by atoms with Crippen LogP contribution in [-0.4, -0.2) is 21.0 Å². The Labute approximate surface area is 132 Å². The van der Waals surface area contributed by atoms with E-state index < -0.39 is 10.0 Å². The van der Waals surface area contributed by atoms with Crippen LogP contribution in [0.15, 0.2) is 23.1 Å². The van der Waals surface area contributed by atoms with Crippen LogP contribution in [0.5, 0.6) is 0 Å². The van der Waals surface area contributed by atoms with Gasteiger partial charge in [-0.15, -0.1) is 0 Å². The van der Waals surface area contributed by atoms with Gasteiger partial charge in [-0.1, -0.05) is 38.4 Å². The van der Waals surface area contributed by atoms with E-state index in [2.05, 4.69) is 30.8 Å². The Hall–Kier alpha value is -0.620. The largest absolute Gasteiger partial charge is 0.313 e. The number of halogens is 1. The monoisotopic (exact) mass is 330 g/mol. The van der Waals surface area contributed by atoms with E-state index in [1.54, 1.807) is 12.1 Å². The lowest BCUT2D eigenvalue weighted by atomic mass is 10.2. The van der Waals surface area contributed by atoms with E-state index in [9.17, 15) is 8.42 Å². The number of nitrogens with one attached hydrogen (secondary N) is 2. The van der Waals surface area contributed by atoms with Crippen molar-refractivity contribution in [1.82, 2.24) is 10.0 Å². The van der Waals surface area contributed by atoms with Crippen molar-refractivity contribution >= 4 is 21.6 Å². The minimum Gasteiger partial charge on any atom is -0.313 e. The maximum absolute atomic E-state index is 12.3. The second-order valence-corrected chi connectivity index (χ2v) is 8.42. The smallest absolute Gasteiger partial charge is 0.240 e. The van der Waals surface area contributed by atoms with Crippen molar-refractivity contribution in [2.75, 3.05) is 6.54 Å². The van der Waals surface area contributed by atoms with Crippen molar-refractivity contribution in [3.8, 4) is 0 Å². The summed E-state index contributed by atoms with van der Waals surface area (Å²) in [4.78, 5) is 0.231. The fraction of sp³-hybridized carbons (Fsp3) is 0.600. The molecule has 0 bridgehead atoms. The van der Waals surface area contributed by atoms with Crippen molar-refractivity contribution in [3.63, 3.8) is 0 Å². The summed E-state index contributed by atoms with van der Waals surface area (Å²) in [5, 5.41) is 3.74. The van der Waals surface area contributed by atoms with Crippen molar-refractivity contribution in [2.24, 2.45) is 5.41 Å². The highest BCUT2D eigenvalue weighted by molar-refractivity contribution is 7.89. The van der Waals surface area contributed by atoms with Gasteiger partial charge in [0.2, 0.25) is 10.0 Å². The Morgan fingerprint density at radius 1 is 1.38 bits per heavy atom. The van der Waals surface area contributed by atoms with Crippen LogP contribution < -0.4 is 10.0 Å². The summed E-state index contributed by atoms with van der Waals surface area (Å²) >= 11 is 6.19. The van der Waals surface area contributed by atoms with Crippen LogP contribution in [-0.2, 0) is 16.6 Å². The normalized spacial score (nSPS) is 20.5. The SMILES string of the molecule is CCCNCc1ccc(S(=O)(=O)NC2CC2(C)C)cc1Cl. The van der Waals surface area contributed by atoms with E-state index >= 15 is 0 Å². The van der Waals surface area contributed by atoms with E-state index in [4.69, 9.17) is 11.6 Å². The molecule has 2 N–H and O–H groups in total. The molecular formula is C15H23ClN2O2S. The molecule has 1 aliphatic rings. The van der Waals surface area contributed by atoms with E-state index in [1.807, 2.05) is 0 Å². The van der Waals surface area contributed by atoms with Gasteiger partial charge in [0.05, 0.1) is 4.90 Å². The van der Waals surface area contributed by atoms with Gasteiger partial charge in [-0.2, -0.15) is 0 Å². The highest BCUT2D eigenvalue weighted by Gasteiger charge is 2.47. The molecule has 0 aromatic heterocycles. The Morgan fingerprint density at radius 3 is 2.57 bits per heavy atom. The second-order valence-electron chi connectivity index (χ2n) is 6.30. The standard InChI is InChI=1S/C15H23ClN2O2S/c1-4-7-17-10-11-5-6-12(8-13(11)16)21(19,20)18-14-9-15(14,2)3/h5-6,8,14,17-18H,4,7,9-10H2,1-3H3. The molecule has 0 saturated heterocycles. The Bertz CT molecular complexity index is 614. The second kappa shape index (κ2) is 6.24. The van der Waals surface area contributed by atoms with Gasteiger partial charge in [0.25, 0.3) is 0 Å². The van der Waals surface area contributed by atoms with Gasteiger partial charge in [-0.05, 0) is 42.5 Å². The van der Waals surface area contributed by atoms with Crippen LogP contribution in [0.1, 0.15) is 39.2 Å². The fourth-order valence-electron chi connectivity index (χ4n) is 2.16. The predicted octanol–water partition coefficient (Wildman–Crippen LogP) is 2.92. The number of hydrogen-bond acceptors (Lipinski definition) is 3. The highest BCUT2D eigenvalue weighted by atomic mass is 35.5. The summed E-state index contributed by atoms with van der Waals surface area (Å²) in [6.45, 7) is 7.76. The van der Waals surface area contributed by atoms with Crippen molar-refractivity contribution < 1.29 is 8.42 Å². The molecule has 0 heterocycles. The maximum Gasteiger partial charge on any atom is 0.240 e. The third-order valence-corrected chi connectivity index (χ3v) is 5.71. The third-order valence-electron chi connectivity index (χ3n) is 3.89. The molecule has 1 saturated carbocycles. The topological polar surface area (TPSA) is 58.2 Å². The summed E-state index contributed by atoms with van der Waals surface area (Å²) < 4.78 is 27.4. The molecule has 1 aromatic carbocycles. The molecule has 0 aliphatic heterocycles. The summed E-state index contributed by atoms with van der Waals surface area (Å²) in [5.41, 5.74) is 0.969. The van der Waals surface area contributed by atoms with Crippen LogP contribution in [0.25, 0.3) is 0 Å². The van der Waals surface area contributed by atoms with Crippen molar-refractivity contribution in [1.29, 1.82) is 0 Å². The first kappa shape index (κ1) is 16.7. The molecule has 118 valence electrons. The van der Waals surface area contributed by atoms with Gasteiger partial charge in [0.15, 0.2) is 0 Å². The molecule has 21 heavy (non-hydrogen) atoms. The zero-order valence-corrected chi connectivity index (χ0v) is 14.3. The van der Waals surface area contributed by atoms with Crippen LogP contribution in [0.3, 0.4) is 0 Å². The maximum atomic E-state index is 12.3. The van der Waals surface area contributed by atoms with Gasteiger partial charge >= 0.3 is 0 Å². The molecule has 1 atom stereocenters. The summed E-state index contributed by atoms with van der Waals surface area (Å²) in [7, 11) is -3.49. The van der Waals surface area contributed by atoms with Gasteiger partial charge in [-0.25, -0.2) is 13.1 Å². The predicted molar refractivity (Wildman–Crippen MR) is 86.0 cm³/mol. The zero-order valence-electron chi connectivity index (χ0n) is 12.7. The van der Waals surface area contributed by atoms with E-state index in [0.717, 1.165) is 24.9 Å². The molecule has 1 aromatic rings. The molecule has 6 heteroatoms. The first-order chi connectivity index (χ1) is 9.76. The Kier molecular flexibility index (Phi) is 4.98. The van der Waals surface area contributed by atoms with Crippen LogP contribution in [0, 0.1) is 5.41 Å². The molecule has 1 unspecified atom stereocenters. The van der Waals surface area contributed by atoms with E-state index in [1.165, 1.54) is 6.07 Å². The van der Waals surface area contributed by atoms with Crippen LogP contribution >= 0.6 is 11.6 Å². The number of benzene rings is 1. The molecule has 1 fully saturated rings. The van der Waals surface area contributed by atoms with Gasteiger partial charge in [0.1, 0.15) is 0 Å². The lowest BCUT2D eigenvalue weighted by molar-refractivity contribution is 0.555. The molecule has 2 rings (SSSR count). The van der Waals surface area contributed by atoms with Gasteiger partial charge in [0, 0.05) is 17.6 Å². The number of hydrogen-bond donors (Lipinski definition) is 2. The van der Waals surface area contributed by atoms with Gasteiger partial charge in [-0.3, -0.25) is 0 Å². The average Bonchev–Trinajstić information content (AvgIpc) is 2.97. The highest BCUT2D eigenvalue weighted by Crippen LogP contribution is 2.45. The third kappa shape index (κ3) is 4.19. The average molecular weight is 331 g/mol. The number of sulfonamides is 1. The lowest BCUT2D eigenvalue weighted by Crippen LogP contribution is -2.28. The van der Waals surface area contributed by atoms with Gasteiger partial charge < -0.3 is 5.32 Å². The molecule has 0 amide bonds. The summed E-state index contributed by atoms with van der Waals surface area (Å²) in [6.07, 6.45) is 1.92.